The third kappa shape index (κ3) is 3.88. The highest BCUT2D eigenvalue weighted by Crippen LogP contribution is 2.27. The van der Waals surface area contributed by atoms with E-state index in [2.05, 4.69) is 26.6 Å². The Balaban J connectivity index is 2.01. The molecule has 0 spiro atoms. The van der Waals surface area contributed by atoms with E-state index < -0.39 is 0 Å². The van der Waals surface area contributed by atoms with Gasteiger partial charge in [0.15, 0.2) is 0 Å². The molecule has 0 radical (unpaired) electrons. The molecule has 0 saturated heterocycles. The molecule has 0 aliphatic carbocycles. The number of methoxy groups -OCH3 is 1. The molecule has 104 valence electrons. The van der Waals surface area contributed by atoms with E-state index in [1.807, 2.05) is 12.1 Å². The van der Waals surface area contributed by atoms with Crippen molar-refractivity contribution in [1.82, 2.24) is 0 Å². The van der Waals surface area contributed by atoms with Crippen LogP contribution in [0.5, 0.6) is 5.75 Å². The maximum atomic E-state index is 11.8. The van der Waals surface area contributed by atoms with Gasteiger partial charge in [0.1, 0.15) is 5.75 Å². The maximum absolute atomic E-state index is 11.8. The van der Waals surface area contributed by atoms with Gasteiger partial charge in [0, 0.05) is 15.8 Å². The van der Waals surface area contributed by atoms with E-state index in [9.17, 15) is 4.79 Å². The highest BCUT2D eigenvalue weighted by molar-refractivity contribution is 9.10. The van der Waals surface area contributed by atoms with Crippen molar-refractivity contribution in [1.29, 1.82) is 0 Å². The van der Waals surface area contributed by atoms with Crippen LogP contribution in [0.3, 0.4) is 0 Å². The van der Waals surface area contributed by atoms with E-state index in [-0.39, 0.29) is 6.03 Å². The van der Waals surface area contributed by atoms with E-state index in [0.29, 0.717) is 22.1 Å². The minimum atomic E-state index is -0.339. The summed E-state index contributed by atoms with van der Waals surface area (Å²) in [7, 11) is 1.54. The van der Waals surface area contributed by atoms with Crippen LogP contribution in [0.4, 0.5) is 16.2 Å². The SMILES string of the molecule is COc1ccc(NC(=O)Nc2ccc(Br)cc2)cc1Cl. The van der Waals surface area contributed by atoms with Crippen molar-refractivity contribution in [3.63, 3.8) is 0 Å². The van der Waals surface area contributed by atoms with Crippen molar-refractivity contribution >= 4 is 44.9 Å². The Morgan fingerprint density at radius 1 is 1.10 bits per heavy atom. The first kappa shape index (κ1) is 14.7. The Bertz CT molecular complexity index is 617. The normalized spacial score (nSPS) is 9.95. The van der Waals surface area contributed by atoms with Gasteiger partial charge in [0.25, 0.3) is 0 Å². The topological polar surface area (TPSA) is 50.4 Å². The summed E-state index contributed by atoms with van der Waals surface area (Å²) >= 11 is 9.32. The Morgan fingerprint density at radius 2 is 1.70 bits per heavy atom. The number of rotatable bonds is 3. The first-order valence-electron chi connectivity index (χ1n) is 5.75. The molecule has 0 aliphatic rings. The lowest BCUT2D eigenvalue weighted by Gasteiger charge is -2.09. The van der Waals surface area contributed by atoms with E-state index in [1.54, 1.807) is 30.3 Å². The summed E-state index contributed by atoms with van der Waals surface area (Å²) in [6, 6.07) is 12.0. The molecule has 0 aliphatic heterocycles. The van der Waals surface area contributed by atoms with Gasteiger partial charge >= 0.3 is 6.03 Å². The number of urea groups is 1. The molecule has 2 aromatic rings. The second-order valence-electron chi connectivity index (χ2n) is 3.94. The van der Waals surface area contributed by atoms with Gasteiger partial charge in [0.05, 0.1) is 12.1 Å². The molecule has 4 nitrogen and oxygen atoms in total. The smallest absolute Gasteiger partial charge is 0.323 e. The average molecular weight is 356 g/mol. The Hall–Kier alpha value is -1.72. The molecule has 6 heteroatoms. The lowest BCUT2D eigenvalue weighted by molar-refractivity contribution is 0.262. The van der Waals surface area contributed by atoms with Gasteiger partial charge < -0.3 is 15.4 Å². The molecule has 0 saturated carbocycles. The number of carbonyl (C=O) groups is 1. The molecule has 2 aromatic carbocycles. The third-order valence-corrected chi connectivity index (χ3v) is 3.34. The quantitative estimate of drug-likeness (QED) is 0.834. The van der Waals surface area contributed by atoms with E-state index in [0.717, 1.165) is 4.47 Å². The lowest BCUT2D eigenvalue weighted by atomic mass is 10.3. The minimum Gasteiger partial charge on any atom is -0.495 e. The number of benzene rings is 2. The number of carbonyl (C=O) groups excluding carboxylic acids is 1. The van der Waals surface area contributed by atoms with Crippen molar-refractivity contribution < 1.29 is 9.53 Å². The van der Waals surface area contributed by atoms with Crippen LogP contribution in [0.1, 0.15) is 0 Å². The van der Waals surface area contributed by atoms with Crippen LogP contribution in [-0.2, 0) is 0 Å². The third-order valence-electron chi connectivity index (χ3n) is 2.51. The molecule has 0 unspecified atom stereocenters. The molecule has 0 heterocycles. The fraction of sp³-hybridized carbons (Fsp3) is 0.0714. The van der Waals surface area contributed by atoms with Crippen molar-refractivity contribution in [2.45, 2.75) is 0 Å². The van der Waals surface area contributed by atoms with Crippen LogP contribution in [0.25, 0.3) is 0 Å². The summed E-state index contributed by atoms with van der Waals surface area (Å²) in [5, 5.41) is 5.85. The predicted octanol–water partition coefficient (Wildman–Crippen LogP) is 4.76. The summed E-state index contributed by atoms with van der Waals surface area (Å²) < 4.78 is 6.00. The zero-order chi connectivity index (χ0) is 14.5. The second-order valence-corrected chi connectivity index (χ2v) is 5.26. The molecule has 0 aromatic heterocycles. The van der Waals surface area contributed by atoms with Gasteiger partial charge in [-0.05, 0) is 42.5 Å². The minimum absolute atomic E-state index is 0.339. The summed E-state index contributed by atoms with van der Waals surface area (Å²) in [6.07, 6.45) is 0. The Kier molecular flexibility index (Phi) is 4.87. The molecule has 2 amide bonds. The van der Waals surface area contributed by atoms with Gasteiger partial charge in [-0.3, -0.25) is 0 Å². The number of hydrogen-bond acceptors (Lipinski definition) is 2. The molecule has 2 N–H and O–H groups in total. The van der Waals surface area contributed by atoms with E-state index >= 15 is 0 Å². The summed E-state index contributed by atoms with van der Waals surface area (Å²) in [5.74, 6) is 0.561. The van der Waals surface area contributed by atoms with Crippen LogP contribution in [-0.4, -0.2) is 13.1 Å². The largest absolute Gasteiger partial charge is 0.495 e. The summed E-state index contributed by atoms with van der Waals surface area (Å²) in [6.45, 7) is 0. The van der Waals surface area contributed by atoms with Crippen LogP contribution in [0, 0.1) is 0 Å². The van der Waals surface area contributed by atoms with Crippen molar-refractivity contribution in [3.05, 3.63) is 52.0 Å². The second kappa shape index (κ2) is 6.63. The highest BCUT2D eigenvalue weighted by Gasteiger charge is 2.05. The van der Waals surface area contributed by atoms with Crippen molar-refractivity contribution in [2.24, 2.45) is 0 Å². The predicted molar refractivity (Wildman–Crippen MR) is 84.8 cm³/mol. The molecule has 0 atom stereocenters. The zero-order valence-corrected chi connectivity index (χ0v) is 13.0. The number of ether oxygens (including phenoxy) is 1. The monoisotopic (exact) mass is 354 g/mol. The number of halogens is 2. The van der Waals surface area contributed by atoms with Crippen molar-refractivity contribution in [3.8, 4) is 5.75 Å². The zero-order valence-electron chi connectivity index (χ0n) is 10.6. The van der Waals surface area contributed by atoms with E-state index in [4.69, 9.17) is 16.3 Å². The fourth-order valence-corrected chi connectivity index (χ4v) is 2.09. The standard InChI is InChI=1S/C14H12BrClN2O2/c1-20-13-7-6-11(8-12(13)16)18-14(19)17-10-4-2-9(15)3-5-10/h2-8H,1H3,(H2,17,18,19). The van der Waals surface area contributed by atoms with Crippen LogP contribution in [0.15, 0.2) is 46.9 Å². The molecule has 0 fully saturated rings. The molecular formula is C14H12BrClN2O2. The fourth-order valence-electron chi connectivity index (χ4n) is 1.57. The summed E-state index contributed by atoms with van der Waals surface area (Å²) in [4.78, 5) is 11.8. The van der Waals surface area contributed by atoms with E-state index in [1.165, 1.54) is 7.11 Å². The molecule has 0 bridgehead atoms. The first-order valence-corrected chi connectivity index (χ1v) is 6.92. The highest BCUT2D eigenvalue weighted by atomic mass is 79.9. The van der Waals surface area contributed by atoms with Gasteiger partial charge in [-0.25, -0.2) is 4.79 Å². The van der Waals surface area contributed by atoms with Crippen LogP contribution < -0.4 is 15.4 Å². The molecule has 20 heavy (non-hydrogen) atoms. The van der Waals surface area contributed by atoms with Gasteiger partial charge in [-0.2, -0.15) is 0 Å². The number of hydrogen-bond donors (Lipinski definition) is 2. The Labute approximate surface area is 130 Å². The number of anilines is 2. The van der Waals surface area contributed by atoms with Crippen molar-refractivity contribution in [2.75, 3.05) is 17.7 Å². The first-order chi connectivity index (χ1) is 9.58. The average Bonchev–Trinajstić information content (AvgIpc) is 2.41. The number of amides is 2. The lowest BCUT2D eigenvalue weighted by Crippen LogP contribution is -2.19. The van der Waals surface area contributed by atoms with Crippen LogP contribution >= 0.6 is 27.5 Å². The maximum Gasteiger partial charge on any atom is 0.323 e. The Morgan fingerprint density at radius 3 is 2.30 bits per heavy atom. The van der Waals surface area contributed by atoms with Gasteiger partial charge in [-0.15, -0.1) is 0 Å². The van der Waals surface area contributed by atoms with Gasteiger partial charge in [0.2, 0.25) is 0 Å². The molecule has 2 rings (SSSR count). The summed E-state index contributed by atoms with van der Waals surface area (Å²) in [5.41, 5.74) is 1.29. The van der Waals surface area contributed by atoms with Gasteiger partial charge in [-0.1, -0.05) is 27.5 Å². The van der Waals surface area contributed by atoms with Crippen LogP contribution in [0.2, 0.25) is 5.02 Å². The molecular weight excluding hydrogens is 344 g/mol. The number of nitrogens with one attached hydrogen (secondary N) is 2.